The van der Waals surface area contributed by atoms with E-state index in [-0.39, 0.29) is 12.3 Å². The summed E-state index contributed by atoms with van der Waals surface area (Å²) in [5.41, 5.74) is 0. The number of unbranched alkanes of at least 4 members (excludes halogenated alkanes) is 25. The minimum Gasteiger partial charge on any atom is -0.477 e. The van der Waals surface area contributed by atoms with Gasteiger partial charge in [0.25, 0.3) is 5.79 Å². The Hall–Kier alpha value is -3.05. The maximum Gasteiger partial charge on any atom is 0.364 e. The van der Waals surface area contributed by atoms with Gasteiger partial charge in [-0.05, 0) is 51.4 Å². The highest BCUT2D eigenvalue weighted by molar-refractivity contribution is 5.77. The molecule has 3 saturated heterocycles. The molecule has 2 amide bonds. The highest BCUT2D eigenvalue weighted by Gasteiger charge is 2.60. The lowest BCUT2D eigenvalue weighted by molar-refractivity contribution is -0.386. The number of allylic oxidation sites excluding steroid dienone is 5. The van der Waals surface area contributed by atoms with Gasteiger partial charge in [0.2, 0.25) is 11.8 Å². The van der Waals surface area contributed by atoms with Crippen molar-refractivity contribution in [3.63, 3.8) is 0 Å². The van der Waals surface area contributed by atoms with Crippen LogP contribution >= 0.6 is 0 Å². The first kappa shape index (κ1) is 79.2. The van der Waals surface area contributed by atoms with Gasteiger partial charge < -0.3 is 100 Å². The maximum absolute atomic E-state index is 13.4. The second-order valence-electron chi connectivity index (χ2n) is 24.3. The Bertz CT molecular complexity index is 1930. The van der Waals surface area contributed by atoms with Crippen molar-refractivity contribution in [3.8, 4) is 0 Å². The highest BCUT2D eigenvalue weighted by Crippen LogP contribution is 2.38. The van der Waals surface area contributed by atoms with Gasteiger partial charge in [-0.25, -0.2) is 4.79 Å². The lowest BCUT2D eigenvalue weighted by Crippen LogP contribution is -2.70. The maximum atomic E-state index is 13.4. The molecule has 3 fully saturated rings. The van der Waals surface area contributed by atoms with E-state index in [0.717, 1.165) is 77.6 Å². The Morgan fingerprint density at radius 1 is 0.602 bits per heavy atom. The molecule has 88 heavy (non-hydrogen) atoms. The Labute approximate surface area is 523 Å². The number of carboxylic acids is 1. The lowest BCUT2D eigenvalue weighted by atomic mass is 9.88. The summed E-state index contributed by atoms with van der Waals surface area (Å²) in [5.74, 6) is -6.15. The quantitative estimate of drug-likeness (QED) is 0.0280. The number of carbonyl (C=O) groups excluding carboxylic acids is 2. The molecule has 14 N–H and O–H groups in total. The lowest BCUT2D eigenvalue weighted by Gasteiger charge is -2.50. The van der Waals surface area contributed by atoms with Gasteiger partial charge in [0.1, 0.15) is 67.1 Å². The number of amides is 2. The molecule has 0 aromatic carbocycles. The number of nitrogens with one attached hydrogen (secondary N) is 2. The molecule has 0 aliphatic carbocycles. The van der Waals surface area contributed by atoms with Crippen LogP contribution in [0, 0.1) is 0 Å². The Balaban J connectivity index is 1.55. The van der Waals surface area contributed by atoms with E-state index in [1.54, 1.807) is 6.08 Å². The molecule has 18 unspecified atom stereocenters. The fourth-order valence-electron chi connectivity index (χ4n) is 11.4. The second kappa shape index (κ2) is 46.1. The van der Waals surface area contributed by atoms with Crippen molar-refractivity contribution < 1.29 is 104 Å². The molecule has 0 radical (unpaired) electrons. The fraction of sp³-hybridized carbons (Fsp3) is 0.862. The van der Waals surface area contributed by atoms with Gasteiger partial charge in [0, 0.05) is 19.8 Å². The molecule has 3 heterocycles. The van der Waals surface area contributed by atoms with Crippen LogP contribution in [-0.4, -0.2) is 215 Å². The summed E-state index contributed by atoms with van der Waals surface area (Å²) in [4.78, 5) is 38.4. The molecule has 3 rings (SSSR count). The minimum atomic E-state index is -3.08. The van der Waals surface area contributed by atoms with Crippen molar-refractivity contribution >= 4 is 17.8 Å². The summed E-state index contributed by atoms with van der Waals surface area (Å²) < 4.78 is 34.7. The molecular formula is C65H116N2O21. The number of carboxylic acid groups (broad SMARTS) is 1. The van der Waals surface area contributed by atoms with Crippen molar-refractivity contribution in [2.45, 2.75) is 330 Å². The molecule has 3 aliphatic heterocycles. The van der Waals surface area contributed by atoms with Crippen LogP contribution < -0.4 is 10.6 Å². The Kier molecular flexibility index (Phi) is 41.5. The minimum absolute atomic E-state index is 0.194. The van der Waals surface area contributed by atoms with Crippen LogP contribution in [0.5, 0.6) is 0 Å². The summed E-state index contributed by atoms with van der Waals surface area (Å²) in [6, 6.07) is -2.62. The molecule has 23 heteroatoms. The molecule has 3 aliphatic rings. The van der Waals surface area contributed by atoms with E-state index in [1.165, 1.54) is 103 Å². The van der Waals surface area contributed by atoms with Gasteiger partial charge in [-0.15, -0.1) is 0 Å². The van der Waals surface area contributed by atoms with Gasteiger partial charge in [-0.2, -0.15) is 0 Å². The van der Waals surface area contributed by atoms with Gasteiger partial charge in [0.05, 0.1) is 50.7 Å². The van der Waals surface area contributed by atoms with Gasteiger partial charge in [-0.3, -0.25) is 9.59 Å². The van der Waals surface area contributed by atoms with E-state index in [9.17, 15) is 75.7 Å². The van der Waals surface area contributed by atoms with E-state index in [2.05, 4.69) is 48.8 Å². The molecule has 0 bridgehead atoms. The monoisotopic (exact) mass is 1260 g/mol. The Morgan fingerprint density at radius 3 is 1.60 bits per heavy atom. The van der Waals surface area contributed by atoms with Crippen LogP contribution in [0.25, 0.3) is 0 Å². The zero-order chi connectivity index (χ0) is 64.7. The zero-order valence-electron chi connectivity index (χ0n) is 53.1. The number of carbonyl (C=O) groups is 3. The van der Waals surface area contributed by atoms with Crippen LogP contribution in [0.4, 0.5) is 0 Å². The molecule has 512 valence electrons. The first-order chi connectivity index (χ1) is 42.4. The molecule has 18 atom stereocenters. The predicted octanol–water partition coefficient (Wildman–Crippen LogP) is 5.06. The molecular weight excluding hydrogens is 1140 g/mol. The number of aliphatic hydroxyl groups is 11. The van der Waals surface area contributed by atoms with E-state index in [0.29, 0.717) is 12.8 Å². The largest absolute Gasteiger partial charge is 0.477 e. The normalized spacial score (nSPS) is 29.2. The molecule has 0 saturated carbocycles. The first-order valence-corrected chi connectivity index (χ1v) is 33.4. The van der Waals surface area contributed by atoms with Crippen molar-refractivity contribution in [1.29, 1.82) is 0 Å². The van der Waals surface area contributed by atoms with Crippen LogP contribution in [0.2, 0.25) is 0 Å². The number of aliphatic carboxylic acids is 1. The predicted molar refractivity (Wildman–Crippen MR) is 329 cm³/mol. The standard InChI is InChI=1S/C65H116N2O21/c1-4-6-8-10-12-14-15-16-17-18-19-20-21-22-23-24-25-26-27-28-29-31-33-35-37-39-52(75)67-46(47(72)38-36-34-32-30-13-11-9-7-5-2)44-83-62-57(79)56(78)59(51(43-70)85-62)86-63-58(80)61(55(77)50(42-69)84-63)88-65(64(81)82)40-48(73)53(66-45(3)71)60(87-65)54(76)49(74)41-68/h19-20,22-23,36,38,46-51,53-63,68-70,72-74,76-80H,4-18,21,24-35,37,39-44H2,1-3H3,(H,66,71)(H,67,75)(H,81,82)/b20-19-,23-22-,38-36+. The van der Waals surface area contributed by atoms with E-state index in [4.69, 9.17) is 28.4 Å². The highest BCUT2D eigenvalue weighted by atomic mass is 16.8. The third-order valence-electron chi connectivity index (χ3n) is 16.8. The summed E-state index contributed by atoms with van der Waals surface area (Å²) in [6.07, 6.45) is 16.6. The van der Waals surface area contributed by atoms with Crippen molar-refractivity contribution in [3.05, 3.63) is 36.5 Å². The fourth-order valence-corrected chi connectivity index (χ4v) is 11.4. The number of hydrogen-bond acceptors (Lipinski definition) is 20. The van der Waals surface area contributed by atoms with Gasteiger partial charge >= 0.3 is 5.97 Å². The molecule has 0 aromatic heterocycles. The van der Waals surface area contributed by atoms with E-state index in [1.807, 2.05) is 6.08 Å². The summed E-state index contributed by atoms with van der Waals surface area (Å²) in [5, 5.41) is 135. The van der Waals surface area contributed by atoms with E-state index >= 15 is 0 Å². The summed E-state index contributed by atoms with van der Waals surface area (Å²) in [7, 11) is 0. The van der Waals surface area contributed by atoms with Gasteiger partial charge in [0.15, 0.2) is 12.6 Å². The average Bonchev–Trinajstić information content (AvgIpc) is 0.826. The SMILES string of the molecule is CCCCCCCCC/C=C/C(O)C(COC1OC(CO)C(OC2OC(CO)C(O)C(OC3(C(=O)O)CC(O)C(NC(C)=O)C(C(O)C(O)CO)O3)C2O)C(O)C1O)NC(=O)CCCCCCCCCCC/C=C\C/C=C\CCCCCCCCCCC. The van der Waals surface area contributed by atoms with Crippen molar-refractivity contribution in [2.75, 3.05) is 26.4 Å². The van der Waals surface area contributed by atoms with Crippen molar-refractivity contribution in [2.24, 2.45) is 0 Å². The summed E-state index contributed by atoms with van der Waals surface area (Å²) in [6.45, 7) is 2.07. The third kappa shape index (κ3) is 28.9. The average molecular weight is 1260 g/mol. The first-order valence-electron chi connectivity index (χ1n) is 33.4. The topological polar surface area (TPSA) is 373 Å². The smallest absolute Gasteiger partial charge is 0.364 e. The molecule has 0 spiro atoms. The number of hydrogen-bond donors (Lipinski definition) is 14. The number of aliphatic hydroxyl groups excluding tert-OH is 11. The third-order valence-corrected chi connectivity index (χ3v) is 16.8. The van der Waals surface area contributed by atoms with Crippen molar-refractivity contribution in [1.82, 2.24) is 10.6 Å². The number of ether oxygens (including phenoxy) is 6. The van der Waals surface area contributed by atoms with Crippen LogP contribution in [0.15, 0.2) is 36.5 Å². The second-order valence-corrected chi connectivity index (χ2v) is 24.3. The Morgan fingerprint density at radius 2 is 1.10 bits per heavy atom. The van der Waals surface area contributed by atoms with Crippen LogP contribution in [-0.2, 0) is 42.8 Å². The zero-order valence-corrected chi connectivity index (χ0v) is 53.1. The van der Waals surface area contributed by atoms with Crippen LogP contribution in [0.3, 0.4) is 0 Å². The summed E-state index contributed by atoms with van der Waals surface area (Å²) >= 11 is 0. The van der Waals surface area contributed by atoms with E-state index < -0.39 is 155 Å². The van der Waals surface area contributed by atoms with Crippen LogP contribution in [0.1, 0.15) is 220 Å². The molecule has 0 aromatic rings. The number of rotatable bonds is 49. The molecule has 23 nitrogen and oxygen atoms in total. The van der Waals surface area contributed by atoms with Gasteiger partial charge in [-0.1, -0.05) is 185 Å².